The monoisotopic (exact) mass is 249 g/mol. The topological polar surface area (TPSA) is 49.3 Å². The maximum absolute atomic E-state index is 11.3. The first kappa shape index (κ1) is 14.7. The summed E-state index contributed by atoms with van der Waals surface area (Å²) in [4.78, 5) is 11.3. The molecule has 0 bridgehead atoms. The van der Waals surface area contributed by atoms with Gasteiger partial charge in [0.1, 0.15) is 6.04 Å². The fourth-order valence-corrected chi connectivity index (χ4v) is 2.20. The third-order valence-corrected chi connectivity index (χ3v) is 2.92. The molecule has 0 fully saturated rings. The summed E-state index contributed by atoms with van der Waals surface area (Å²) in [5.74, 6) is 0.301. The highest BCUT2D eigenvalue weighted by molar-refractivity contribution is 5.75. The molecule has 0 saturated carbocycles. The maximum atomic E-state index is 11.3. The van der Waals surface area contributed by atoms with Gasteiger partial charge in [-0.25, -0.2) is 0 Å². The van der Waals surface area contributed by atoms with Crippen molar-refractivity contribution in [1.29, 1.82) is 0 Å². The van der Waals surface area contributed by atoms with Crippen molar-refractivity contribution >= 4 is 5.97 Å². The Labute approximate surface area is 109 Å². The second kappa shape index (κ2) is 7.17. The summed E-state index contributed by atoms with van der Waals surface area (Å²) < 4.78 is 0. The van der Waals surface area contributed by atoms with Crippen LogP contribution in [0.1, 0.15) is 38.8 Å². The van der Waals surface area contributed by atoms with E-state index in [1.165, 1.54) is 0 Å². The fourth-order valence-electron chi connectivity index (χ4n) is 2.20. The molecule has 0 aliphatic heterocycles. The highest BCUT2D eigenvalue weighted by Crippen LogP contribution is 2.15. The zero-order chi connectivity index (χ0) is 13.5. The first-order valence-electron chi connectivity index (χ1n) is 6.51. The second-order valence-electron chi connectivity index (χ2n) is 5.32. The summed E-state index contributed by atoms with van der Waals surface area (Å²) >= 11 is 0. The van der Waals surface area contributed by atoms with Crippen molar-refractivity contribution in [2.75, 3.05) is 6.54 Å². The molecule has 1 rings (SSSR count). The highest BCUT2D eigenvalue weighted by Gasteiger charge is 2.19. The first-order valence-corrected chi connectivity index (χ1v) is 6.51. The van der Waals surface area contributed by atoms with Crippen molar-refractivity contribution in [3.63, 3.8) is 0 Å². The van der Waals surface area contributed by atoms with Crippen LogP contribution < -0.4 is 5.32 Å². The van der Waals surface area contributed by atoms with E-state index >= 15 is 0 Å². The highest BCUT2D eigenvalue weighted by atomic mass is 16.4. The van der Waals surface area contributed by atoms with Gasteiger partial charge in [0.25, 0.3) is 0 Å². The van der Waals surface area contributed by atoms with Crippen LogP contribution in [0, 0.1) is 11.8 Å². The summed E-state index contributed by atoms with van der Waals surface area (Å²) in [5.41, 5.74) is 0.807. The minimum absolute atomic E-state index is 0.482. The van der Waals surface area contributed by atoms with E-state index in [9.17, 15) is 9.90 Å². The number of hydrogen-bond acceptors (Lipinski definition) is 2. The minimum Gasteiger partial charge on any atom is -0.480 e. The van der Waals surface area contributed by atoms with Gasteiger partial charge in [0.2, 0.25) is 0 Å². The van der Waals surface area contributed by atoms with E-state index in [0.29, 0.717) is 11.8 Å². The number of rotatable bonds is 7. The molecule has 18 heavy (non-hydrogen) atoms. The second-order valence-corrected chi connectivity index (χ2v) is 5.32. The van der Waals surface area contributed by atoms with Gasteiger partial charge in [-0.15, -0.1) is 0 Å². The lowest BCUT2D eigenvalue weighted by atomic mass is 9.98. The van der Waals surface area contributed by atoms with Gasteiger partial charge in [-0.3, -0.25) is 4.79 Å². The normalized spacial score (nSPS) is 14.4. The molecule has 2 atom stereocenters. The van der Waals surface area contributed by atoms with E-state index in [1.54, 1.807) is 0 Å². The molecule has 0 aliphatic carbocycles. The summed E-state index contributed by atoms with van der Waals surface area (Å²) in [6.45, 7) is 7.24. The van der Waals surface area contributed by atoms with Crippen LogP contribution in [0.2, 0.25) is 0 Å². The summed E-state index contributed by atoms with van der Waals surface area (Å²) in [6, 6.07) is 8.71. The molecular formula is C15H23NO2. The first-order chi connectivity index (χ1) is 8.50. The van der Waals surface area contributed by atoms with Gasteiger partial charge in [-0.2, -0.15) is 0 Å². The summed E-state index contributed by atoms with van der Waals surface area (Å²) in [7, 11) is 0. The average Bonchev–Trinajstić information content (AvgIpc) is 2.29. The molecule has 2 N–H and O–H groups in total. The Hall–Kier alpha value is -1.35. The van der Waals surface area contributed by atoms with Crippen molar-refractivity contribution in [2.45, 2.75) is 33.2 Å². The van der Waals surface area contributed by atoms with Gasteiger partial charge >= 0.3 is 5.97 Å². The van der Waals surface area contributed by atoms with Crippen molar-refractivity contribution in [3.05, 3.63) is 35.9 Å². The van der Waals surface area contributed by atoms with Crippen LogP contribution in [0.15, 0.2) is 30.3 Å². The average molecular weight is 249 g/mol. The van der Waals surface area contributed by atoms with Crippen LogP contribution in [0.25, 0.3) is 0 Å². The molecule has 100 valence electrons. The molecule has 0 spiro atoms. The molecular weight excluding hydrogens is 226 g/mol. The number of carbonyl (C=O) groups is 1. The molecule has 1 aromatic carbocycles. The molecule has 3 nitrogen and oxygen atoms in total. The predicted octanol–water partition coefficient (Wildman–Crippen LogP) is 3.08. The van der Waals surface area contributed by atoms with Crippen LogP contribution in [0.3, 0.4) is 0 Å². The van der Waals surface area contributed by atoms with Crippen LogP contribution in [0.5, 0.6) is 0 Å². The number of benzene rings is 1. The van der Waals surface area contributed by atoms with Crippen molar-refractivity contribution in [3.8, 4) is 0 Å². The Bertz CT molecular complexity index is 362. The summed E-state index contributed by atoms with van der Waals surface area (Å²) in [5, 5.41) is 12.4. The smallest absolute Gasteiger partial charge is 0.325 e. The van der Waals surface area contributed by atoms with E-state index in [-0.39, 0.29) is 0 Å². The zero-order valence-corrected chi connectivity index (χ0v) is 11.4. The van der Waals surface area contributed by atoms with Crippen LogP contribution >= 0.6 is 0 Å². The van der Waals surface area contributed by atoms with Gasteiger partial charge in [-0.1, -0.05) is 51.1 Å². The maximum Gasteiger partial charge on any atom is 0.325 e. The van der Waals surface area contributed by atoms with Gasteiger partial charge < -0.3 is 10.4 Å². The largest absolute Gasteiger partial charge is 0.480 e. The number of hydrogen-bond donors (Lipinski definition) is 2. The molecule has 0 aliphatic rings. The molecule has 0 aromatic heterocycles. The molecule has 0 amide bonds. The molecule has 1 unspecified atom stereocenters. The standard InChI is InChI=1S/C15H23NO2/c1-11(2)9-12(3)10-16-14(15(17)18)13-7-5-4-6-8-13/h4-8,11-12,14,16H,9-10H2,1-3H3,(H,17,18)/t12?,14-/m0/s1. The Balaban J connectivity index is 2.57. The molecule has 3 heteroatoms. The number of carboxylic acids is 1. The lowest BCUT2D eigenvalue weighted by molar-refractivity contribution is -0.139. The third-order valence-electron chi connectivity index (χ3n) is 2.92. The summed E-state index contributed by atoms with van der Waals surface area (Å²) in [6.07, 6.45) is 1.11. The lowest BCUT2D eigenvalue weighted by Crippen LogP contribution is -2.32. The van der Waals surface area contributed by atoms with Gasteiger partial charge in [0, 0.05) is 0 Å². The van der Waals surface area contributed by atoms with E-state index < -0.39 is 12.0 Å². The fraction of sp³-hybridized carbons (Fsp3) is 0.533. The lowest BCUT2D eigenvalue weighted by Gasteiger charge is -2.19. The van der Waals surface area contributed by atoms with Gasteiger partial charge in [0.05, 0.1) is 0 Å². The minimum atomic E-state index is -0.821. The van der Waals surface area contributed by atoms with Crippen molar-refractivity contribution in [1.82, 2.24) is 5.32 Å². The van der Waals surface area contributed by atoms with E-state index in [0.717, 1.165) is 18.5 Å². The SMILES string of the molecule is CC(C)CC(C)CN[C@H](C(=O)O)c1ccccc1. The Kier molecular flexibility index (Phi) is 5.86. The van der Waals surface area contributed by atoms with Crippen LogP contribution in [0.4, 0.5) is 0 Å². The van der Waals surface area contributed by atoms with E-state index in [4.69, 9.17) is 0 Å². The van der Waals surface area contributed by atoms with Crippen molar-refractivity contribution in [2.24, 2.45) is 11.8 Å². The number of nitrogens with one attached hydrogen (secondary N) is 1. The Morgan fingerprint density at radius 1 is 1.22 bits per heavy atom. The predicted molar refractivity (Wildman–Crippen MR) is 73.4 cm³/mol. The number of aliphatic carboxylic acids is 1. The Morgan fingerprint density at radius 2 is 1.83 bits per heavy atom. The van der Waals surface area contributed by atoms with Crippen LogP contribution in [-0.4, -0.2) is 17.6 Å². The third kappa shape index (κ3) is 4.88. The molecule has 0 heterocycles. The van der Waals surface area contributed by atoms with E-state index in [2.05, 4.69) is 26.1 Å². The van der Waals surface area contributed by atoms with Crippen LogP contribution in [-0.2, 0) is 4.79 Å². The molecule has 0 saturated heterocycles. The van der Waals surface area contributed by atoms with Gasteiger partial charge in [0.15, 0.2) is 0 Å². The van der Waals surface area contributed by atoms with Crippen molar-refractivity contribution < 1.29 is 9.90 Å². The zero-order valence-electron chi connectivity index (χ0n) is 11.4. The van der Waals surface area contributed by atoms with E-state index in [1.807, 2.05) is 30.3 Å². The van der Waals surface area contributed by atoms with Gasteiger partial charge in [-0.05, 0) is 30.4 Å². The molecule has 1 aromatic rings. The Morgan fingerprint density at radius 3 is 2.33 bits per heavy atom. The quantitative estimate of drug-likeness (QED) is 0.780. The number of carboxylic acid groups (broad SMARTS) is 1. The molecule has 0 radical (unpaired) electrons.